The standard InChI is InChI=1S/C21H19BrN2O6S/c1-3-8-23-20(25)18(31-21(23)26)11-14-9-16(22)19(17(10-14)29-2)30-12-13-4-6-15(7-5-13)24(27)28/h4-7,9-11H,3,8,12H2,1-2H3/b18-11+. The van der Waals surface area contributed by atoms with Crippen molar-refractivity contribution in [2.24, 2.45) is 0 Å². The molecule has 2 amide bonds. The van der Waals surface area contributed by atoms with Crippen LogP contribution in [0.25, 0.3) is 6.08 Å². The molecule has 1 fully saturated rings. The number of nitro benzene ring substituents is 1. The van der Waals surface area contributed by atoms with Crippen LogP contribution in [-0.4, -0.2) is 34.6 Å². The number of amides is 2. The summed E-state index contributed by atoms with van der Waals surface area (Å²) in [6.45, 7) is 2.48. The lowest BCUT2D eigenvalue weighted by Crippen LogP contribution is -2.28. The van der Waals surface area contributed by atoms with Crippen molar-refractivity contribution in [2.75, 3.05) is 13.7 Å². The van der Waals surface area contributed by atoms with Crippen LogP contribution in [-0.2, 0) is 11.4 Å². The highest BCUT2D eigenvalue weighted by atomic mass is 79.9. The zero-order valence-corrected chi connectivity index (χ0v) is 19.2. The lowest BCUT2D eigenvalue weighted by atomic mass is 10.1. The Morgan fingerprint density at radius 1 is 1.23 bits per heavy atom. The van der Waals surface area contributed by atoms with Crippen molar-refractivity contribution in [3.05, 3.63) is 67.0 Å². The van der Waals surface area contributed by atoms with Gasteiger partial charge in [0.2, 0.25) is 0 Å². The van der Waals surface area contributed by atoms with Crippen LogP contribution in [0.5, 0.6) is 11.5 Å². The Hall–Kier alpha value is -2.85. The molecule has 3 rings (SSSR count). The summed E-state index contributed by atoms with van der Waals surface area (Å²) in [5.41, 5.74) is 1.44. The Balaban J connectivity index is 1.79. The first-order chi connectivity index (χ1) is 14.8. The molecular formula is C21H19BrN2O6S. The monoisotopic (exact) mass is 506 g/mol. The molecule has 2 aromatic rings. The van der Waals surface area contributed by atoms with Crippen molar-refractivity contribution in [1.82, 2.24) is 4.90 Å². The van der Waals surface area contributed by atoms with E-state index in [2.05, 4.69) is 15.9 Å². The first kappa shape index (κ1) is 22.8. The smallest absolute Gasteiger partial charge is 0.293 e. The Kier molecular flexibility index (Phi) is 7.34. The lowest BCUT2D eigenvalue weighted by molar-refractivity contribution is -0.384. The molecular weight excluding hydrogens is 488 g/mol. The fourth-order valence-electron chi connectivity index (χ4n) is 2.90. The van der Waals surface area contributed by atoms with E-state index in [0.717, 1.165) is 17.3 Å². The number of non-ortho nitro benzene ring substituents is 1. The molecule has 8 nitrogen and oxygen atoms in total. The van der Waals surface area contributed by atoms with Gasteiger partial charge in [0.15, 0.2) is 11.5 Å². The summed E-state index contributed by atoms with van der Waals surface area (Å²) >= 11 is 4.38. The number of hydrogen-bond acceptors (Lipinski definition) is 7. The van der Waals surface area contributed by atoms with Gasteiger partial charge in [-0.05, 0) is 75.6 Å². The molecule has 0 unspecified atom stereocenters. The van der Waals surface area contributed by atoms with Crippen molar-refractivity contribution in [3.8, 4) is 11.5 Å². The minimum absolute atomic E-state index is 0.00946. The molecule has 31 heavy (non-hydrogen) atoms. The number of thioether (sulfide) groups is 1. The van der Waals surface area contributed by atoms with E-state index in [1.54, 1.807) is 30.3 Å². The molecule has 10 heteroatoms. The van der Waals surface area contributed by atoms with Crippen molar-refractivity contribution in [3.63, 3.8) is 0 Å². The Bertz CT molecular complexity index is 1050. The van der Waals surface area contributed by atoms with Crippen molar-refractivity contribution < 1.29 is 24.0 Å². The Morgan fingerprint density at radius 3 is 2.55 bits per heavy atom. The van der Waals surface area contributed by atoms with Crippen LogP contribution >= 0.6 is 27.7 Å². The minimum atomic E-state index is -0.458. The van der Waals surface area contributed by atoms with Gasteiger partial charge in [-0.15, -0.1) is 0 Å². The molecule has 0 spiro atoms. The van der Waals surface area contributed by atoms with Crippen molar-refractivity contribution in [2.45, 2.75) is 20.0 Å². The largest absolute Gasteiger partial charge is 0.493 e. The zero-order valence-electron chi connectivity index (χ0n) is 16.8. The van der Waals surface area contributed by atoms with Crippen molar-refractivity contribution in [1.29, 1.82) is 0 Å². The quantitative estimate of drug-likeness (QED) is 0.268. The van der Waals surface area contributed by atoms with E-state index in [-0.39, 0.29) is 23.4 Å². The molecule has 1 saturated heterocycles. The molecule has 0 atom stereocenters. The zero-order chi connectivity index (χ0) is 22.5. The fraction of sp³-hybridized carbons (Fsp3) is 0.238. The Labute approximate surface area is 191 Å². The molecule has 0 bridgehead atoms. The number of rotatable bonds is 8. The van der Waals surface area contributed by atoms with Gasteiger partial charge in [-0.3, -0.25) is 24.6 Å². The molecule has 0 aliphatic carbocycles. The summed E-state index contributed by atoms with van der Waals surface area (Å²) in [4.78, 5) is 36.4. The van der Waals surface area contributed by atoms with Gasteiger partial charge in [0, 0.05) is 18.7 Å². The van der Waals surface area contributed by atoms with Crippen LogP contribution in [0, 0.1) is 10.1 Å². The number of nitro groups is 1. The third-order valence-corrected chi connectivity index (χ3v) is 5.90. The van der Waals surface area contributed by atoms with Gasteiger partial charge >= 0.3 is 0 Å². The van der Waals surface area contributed by atoms with Crippen LogP contribution in [0.15, 0.2) is 45.8 Å². The molecule has 1 aliphatic rings. The number of halogens is 1. The van der Waals surface area contributed by atoms with E-state index in [0.29, 0.717) is 39.4 Å². The van der Waals surface area contributed by atoms with Gasteiger partial charge in [0.1, 0.15) is 6.61 Å². The van der Waals surface area contributed by atoms with E-state index < -0.39 is 4.92 Å². The molecule has 162 valence electrons. The van der Waals surface area contributed by atoms with Crippen LogP contribution in [0.3, 0.4) is 0 Å². The van der Waals surface area contributed by atoms with Gasteiger partial charge in [-0.2, -0.15) is 0 Å². The maximum absolute atomic E-state index is 12.4. The third kappa shape index (κ3) is 5.26. The Morgan fingerprint density at radius 2 is 1.94 bits per heavy atom. The number of carbonyl (C=O) groups excluding carboxylic acids is 2. The number of benzene rings is 2. The summed E-state index contributed by atoms with van der Waals surface area (Å²) in [5.74, 6) is 0.595. The number of hydrogen-bond donors (Lipinski definition) is 0. The second-order valence-corrected chi connectivity index (χ2v) is 8.43. The predicted octanol–water partition coefficient (Wildman–Crippen LogP) is 5.39. The van der Waals surface area contributed by atoms with Crippen LogP contribution in [0.4, 0.5) is 10.5 Å². The predicted molar refractivity (Wildman–Crippen MR) is 121 cm³/mol. The van der Waals surface area contributed by atoms with Gasteiger partial charge in [-0.1, -0.05) is 6.92 Å². The van der Waals surface area contributed by atoms with Gasteiger partial charge in [-0.25, -0.2) is 0 Å². The normalized spacial score (nSPS) is 14.9. The summed E-state index contributed by atoms with van der Waals surface area (Å²) in [6.07, 6.45) is 2.35. The summed E-state index contributed by atoms with van der Waals surface area (Å²) in [5, 5.41) is 10.5. The minimum Gasteiger partial charge on any atom is -0.493 e. The summed E-state index contributed by atoms with van der Waals surface area (Å²) in [7, 11) is 1.50. The molecule has 0 aromatic heterocycles. The van der Waals surface area contributed by atoms with Crippen LogP contribution in [0.1, 0.15) is 24.5 Å². The average molecular weight is 507 g/mol. The van der Waals surface area contributed by atoms with E-state index in [1.807, 2.05) is 6.92 Å². The van der Waals surface area contributed by atoms with Crippen molar-refractivity contribution >= 4 is 50.6 Å². The molecule has 0 radical (unpaired) electrons. The second kappa shape index (κ2) is 9.97. The first-order valence-electron chi connectivity index (χ1n) is 9.33. The summed E-state index contributed by atoms with van der Waals surface area (Å²) < 4.78 is 11.9. The second-order valence-electron chi connectivity index (χ2n) is 6.58. The van der Waals surface area contributed by atoms with E-state index in [4.69, 9.17) is 9.47 Å². The molecule has 0 N–H and O–H groups in total. The van der Waals surface area contributed by atoms with Crippen LogP contribution in [0.2, 0.25) is 0 Å². The van der Waals surface area contributed by atoms with Crippen LogP contribution < -0.4 is 9.47 Å². The fourth-order valence-corrected chi connectivity index (χ4v) is 4.34. The molecule has 1 heterocycles. The molecule has 2 aromatic carbocycles. The maximum atomic E-state index is 12.4. The van der Waals surface area contributed by atoms with Gasteiger partial charge in [0.05, 0.1) is 21.4 Å². The average Bonchev–Trinajstić information content (AvgIpc) is 3.00. The molecule has 1 aliphatic heterocycles. The lowest BCUT2D eigenvalue weighted by Gasteiger charge is -2.14. The highest BCUT2D eigenvalue weighted by Crippen LogP contribution is 2.39. The number of imide groups is 1. The topological polar surface area (TPSA) is 99.0 Å². The SMILES string of the molecule is CCCN1C(=O)S/C(=C/c2cc(Br)c(OCc3ccc([N+](=O)[O-])cc3)c(OC)c2)C1=O. The van der Waals surface area contributed by atoms with E-state index >= 15 is 0 Å². The number of methoxy groups -OCH3 is 1. The number of carbonyl (C=O) groups is 2. The summed E-state index contributed by atoms with van der Waals surface area (Å²) in [6, 6.07) is 9.56. The maximum Gasteiger partial charge on any atom is 0.293 e. The van der Waals surface area contributed by atoms with Gasteiger partial charge in [0.25, 0.3) is 16.8 Å². The number of ether oxygens (including phenoxy) is 2. The highest BCUT2D eigenvalue weighted by molar-refractivity contribution is 9.10. The molecule has 0 saturated carbocycles. The van der Waals surface area contributed by atoms with E-state index in [1.165, 1.54) is 24.1 Å². The first-order valence-corrected chi connectivity index (χ1v) is 10.9. The van der Waals surface area contributed by atoms with E-state index in [9.17, 15) is 19.7 Å². The third-order valence-electron chi connectivity index (χ3n) is 4.40. The van der Waals surface area contributed by atoms with Gasteiger partial charge < -0.3 is 9.47 Å². The number of nitrogens with zero attached hydrogens (tertiary/aromatic N) is 2. The highest BCUT2D eigenvalue weighted by Gasteiger charge is 2.34.